The van der Waals surface area contributed by atoms with Crippen LogP contribution in [0.15, 0.2) is 24.3 Å². The smallest absolute Gasteiger partial charge is 0.119 e. The highest BCUT2D eigenvalue weighted by Crippen LogP contribution is 2.39. The number of nitrogens with zero attached hydrogens (tertiary/aromatic N) is 1. The van der Waals surface area contributed by atoms with Gasteiger partial charge in [0, 0.05) is 0 Å². The van der Waals surface area contributed by atoms with E-state index in [4.69, 9.17) is 4.74 Å². The number of ether oxygens (including phenoxy) is 1. The predicted molar refractivity (Wildman–Crippen MR) is 63.1 cm³/mol. The molecule has 1 radical (unpaired) electrons. The number of rotatable bonds is 2. The van der Waals surface area contributed by atoms with Gasteiger partial charge in [0.05, 0.1) is 18.6 Å². The van der Waals surface area contributed by atoms with Gasteiger partial charge in [0.25, 0.3) is 0 Å². The summed E-state index contributed by atoms with van der Waals surface area (Å²) in [7, 11) is 1.66. The van der Waals surface area contributed by atoms with E-state index < -0.39 is 0 Å². The van der Waals surface area contributed by atoms with Crippen molar-refractivity contribution in [2.75, 3.05) is 7.11 Å². The van der Waals surface area contributed by atoms with Crippen molar-refractivity contribution in [1.29, 1.82) is 5.26 Å². The van der Waals surface area contributed by atoms with Crippen molar-refractivity contribution in [3.63, 3.8) is 0 Å². The summed E-state index contributed by atoms with van der Waals surface area (Å²) in [6.07, 6.45) is 6.19. The molecule has 0 aromatic heterocycles. The molecule has 0 amide bonds. The molecule has 1 saturated carbocycles. The number of benzene rings is 1. The second-order valence-electron chi connectivity index (χ2n) is 4.29. The number of methoxy groups -OCH3 is 1. The zero-order valence-electron chi connectivity index (χ0n) is 9.57. The Morgan fingerprint density at radius 1 is 1.31 bits per heavy atom. The lowest BCUT2D eigenvalue weighted by atomic mass is 9.70. The Morgan fingerprint density at radius 3 is 2.69 bits per heavy atom. The second-order valence-corrected chi connectivity index (χ2v) is 4.29. The molecule has 0 heterocycles. The average molecular weight is 214 g/mol. The van der Waals surface area contributed by atoms with Gasteiger partial charge < -0.3 is 4.74 Å². The Morgan fingerprint density at radius 2 is 2.06 bits per heavy atom. The molecule has 0 atom stereocenters. The first kappa shape index (κ1) is 11.0. The quantitative estimate of drug-likeness (QED) is 0.757. The third-order valence-corrected chi connectivity index (χ3v) is 3.39. The molecule has 1 aromatic carbocycles. The van der Waals surface area contributed by atoms with Crippen molar-refractivity contribution >= 4 is 0 Å². The lowest BCUT2D eigenvalue weighted by Gasteiger charge is -2.31. The Balaban J connectivity index is 2.36. The first-order valence-corrected chi connectivity index (χ1v) is 5.68. The lowest BCUT2D eigenvalue weighted by molar-refractivity contribution is 0.400. The molecule has 0 unspecified atom stereocenters. The highest BCUT2D eigenvalue weighted by Gasteiger charge is 2.34. The molecule has 2 nitrogen and oxygen atoms in total. The van der Waals surface area contributed by atoms with E-state index in [2.05, 4.69) is 12.5 Å². The lowest BCUT2D eigenvalue weighted by Crippen LogP contribution is -2.27. The third kappa shape index (κ3) is 1.90. The van der Waals surface area contributed by atoms with Crippen LogP contribution in [0.5, 0.6) is 5.75 Å². The second kappa shape index (κ2) is 4.57. The maximum atomic E-state index is 9.45. The van der Waals surface area contributed by atoms with E-state index in [0.717, 1.165) is 37.0 Å². The Labute approximate surface area is 96.9 Å². The molecule has 0 aliphatic heterocycles. The van der Waals surface area contributed by atoms with Gasteiger partial charge in [-0.15, -0.1) is 0 Å². The average Bonchev–Trinajstić information content (AvgIpc) is 2.39. The molecular weight excluding hydrogens is 198 g/mol. The van der Waals surface area contributed by atoms with Crippen molar-refractivity contribution in [3.8, 4) is 11.8 Å². The van der Waals surface area contributed by atoms with Gasteiger partial charge in [-0.25, -0.2) is 0 Å². The van der Waals surface area contributed by atoms with Crippen molar-refractivity contribution in [3.05, 3.63) is 36.2 Å². The first-order valence-electron chi connectivity index (χ1n) is 5.68. The molecule has 2 heteroatoms. The molecule has 2 rings (SSSR count). The minimum atomic E-state index is -0.302. The maximum Gasteiger partial charge on any atom is 0.119 e. The summed E-state index contributed by atoms with van der Waals surface area (Å²) in [5, 5.41) is 9.45. The van der Waals surface area contributed by atoms with Gasteiger partial charge in [0.2, 0.25) is 0 Å². The minimum absolute atomic E-state index is 0.302. The molecule has 1 aliphatic rings. The summed E-state index contributed by atoms with van der Waals surface area (Å²) in [5.41, 5.74) is 0.797. The standard InChI is InChI=1S/C14H16NO/c1-16-13-7-5-6-12(10-13)14(11-15)8-3-2-4-9-14/h2,5-7,10H,3-4,8-9H2,1H3. The van der Waals surface area contributed by atoms with E-state index in [9.17, 15) is 5.26 Å². The van der Waals surface area contributed by atoms with Gasteiger partial charge in [-0.1, -0.05) is 12.1 Å². The van der Waals surface area contributed by atoms with E-state index in [1.165, 1.54) is 0 Å². The van der Waals surface area contributed by atoms with Crippen LogP contribution in [0.25, 0.3) is 0 Å². The summed E-state index contributed by atoms with van der Waals surface area (Å²) in [5.74, 6) is 0.835. The fraction of sp³-hybridized carbons (Fsp3) is 0.429. The Kier molecular flexibility index (Phi) is 3.14. The van der Waals surface area contributed by atoms with Gasteiger partial charge >= 0.3 is 0 Å². The Bertz CT molecular complexity index is 399. The van der Waals surface area contributed by atoms with Gasteiger partial charge in [0.15, 0.2) is 0 Å². The maximum absolute atomic E-state index is 9.45. The number of nitriles is 1. The number of hydrogen-bond acceptors (Lipinski definition) is 2. The summed E-state index contributed by atoms with van der Waals surface area (Å²) in [4.78, 5) is 0. The van der Waals surface area contributed by atoms with E-state index in [1.807, 2.05) is 24.3 Å². The molecule has 0 spiro atoms. The largest absolute Gasteiger partial charge is 0.497 e. The van der Waals surface area contributed by atoms with E-state index >= 15 is 0 Å². The van der Waals surface area contributed by atoms with Crippen LogP contribution in [0.1, 0.15) is 31.2 Å². The zero-order chi connectivity index (χ0) is 11.4. The van der Waals surface area contributed by atoms with Crippen LogP contribution >= 0.6 is 0 Å². The highest BCUT2D eigenvalue weighted by atomic mass is 16.5. The number of hydrogen-bond donors (Lipinski definition) is 0. The first-order chi connectivity index (χ1) is 7.80. The van der Waals surface area contributed by atoms with Crippen LogP contribution in [-0.4, -0.2) is 7.11 Å². The van der Waals surface area contributed by atoms with Gasteiger partial charge in [0.1, 0.15) is 5.75 Å². The molecule has 0 bridgehead atoms. The van der Waals surface area contributed by atoms with Crippen molar-refractivity contribution in [2.45, 2.75) is 31.1 Å². The van der Waals surface area contributed by atoms with Crippen LogP contribution in [0.2, 0.25) is 0 Å². The molecule has 0 N–H and O–H groups in total. The zero-order valence-corrected chi connectivity index (χ0v) is 9.57. The van der Waals surface area contributed by atoms with E-state index in [-0.39, 0.29) is 5.41 Å². The molecular formula is C14H16NO. The van der Waals surface area contributed by atoms with Gasteiger partial charge in [-0.3, -0.25) is 0 Å². The summed E-state index contributed by atoms with van der Waals surface area (Å²) >= 11 is 0. The predicted octanol–water partition coefficient (Wildman–Crippen LogP) is 3.23. The Hall–Kier alpha value is -1.49. The van der Waals surface area contributed by atoms with Crippen LogP contribution in [0.4, 0.5) is 0 Å². The summed E-state index contributed by atoms with van der Waals surface area (Å²) in [6.45, 7) is 0. The molecule has 16 heavy (non-hydrogen) atoms. The van der Waals surface area contributed by atoms with Crippen molar-refractivity contribution in [2.24, 2.45) is 0 Å². The van der Waals surface area contributed by atoms with Crippen LogP contribution in [-0.2, 0) is 5.41 Å². The van der Waals surface area contributed by atoms with Crippen LogP contribution in [0, 0.1) is 17.8 Å². The van der Waals surface area contributed by atoms with Crippen LogP contribution < -0.4 is 4.74 Å². The van der Waals surface area contributed by atoms with Crippen molar-refractivity contribution in [1.82, 2.24) is 0 Å². The molecule has 1 aromatic rings. The fourth-order valence-electron chi connectivity index (χ4n) is 2.35. The summed E-state index contributed by atoms with van der Waals surface area (Å²) in [6, 6.07) is 10.4. The molecule has 0 saturated heterocycles. The summed E-state index contributed by atoms with van der Waals surface area (Å²) < 4.78 is 5.22. The fourth-order valence-corrected chi connectivity index (χ4v) is 2.35. The van der Waals surface area contributed by atoms with Gasteiger partial charge in [-0.2, -0.15) is 5.26 Å². The van der Waals surface area contributed by atoms with Gasteiger partial charge in [-0.05, 0) is 49.8 Å². The van der Waals surface area contributed by atoms with Crippen molar-refractivity contribution < 1.29 is 4.74 Å². The third-order valence-electron chi connectivity index (χ3n) is 3.39. The molecule has 1 aliphatic carbocycles. The normalized spacial score (nSPS) is 18.8. The minimum Gasteiger partial charge on any atom is -0.497 e. The topological polar surface area (TPSA) is 33.0 Å². The van der Waals surface area contributed by atoms with E-state index in [1.54, 1.807) is 7.11 Å². The van der Waals surface area contributed by atoms with Crippen LogP contribution in [0.3, 0.4) is 0 Å². The SMILES string of the molecule is COc1cccc(C2(C#N)CC[CH]CC2)c1. The molecule has 83 valence electrons. The molecule has 1 fully saturated rings. The van der Waals surface area contributed by atoms with E-state index in [0.29, 0.717) is 0 Å². The highest BCUT2D eigenvalue weighted by molar-refractivity contribution is 5.38. The monoisotopic (exact) mass is 214 g/mol.